The quantitative estimate of drug-likeness (QED) is 0.674. The van der Waals surface area contributed by atoms with Crippen LogP contribution in [-0.4, -0.2) is 29.8 Å². The van der Waals surface area contributed by atoms with Crippen LogP contribution in [0.1, 0.15) is 33.1 Å². The highest BCUT2D eigenvalue weighted by Crippen LogP contribution is 2.15. The van der Waals surface area contributed by atoms with E-state index in [9.17, 15) is 9.90 Å². The Morgan fingerprint density at radius 3 is 2.42 bits per heavy atom. The van der Waals surface area contributed by atoms with Crippen LogP contribution in [0.15, 0.2) is 30.3 Å². The maximum absolute atomic E-state index is 11.3. The Morgan fingerprint density at radius 2 is 1.89 bits per heavy atom. The van der Waals surface area contributed by atoms with Gasteiger partial charge in [0.2, 0.25) is 0 Å². The van der Waals surface area contributed by atoms with E-state index in [2.05, 4.69) is 5.32 Å². The smallest absolute Gasteiger partial charge is 0.323 e. The summed E-state index contributed by atoms with van der Waals surface area (Å²) in [5.74, 6) is 0.0689. The second-order valence-electron chi connectivity index (χ2n) is 4.54. The molecule has 0 aliphatic rings. The van der Waals surface area contributed by atoms with Crippen molar-refractivity contribution >= 4 is 5.97 Å². The van der Waals surface area contributed by atoms with E-state index in [1.54, 1.807) is 0 Å². The zero-order valence-corrected chi connectivity index (χ0v) is 11.7. The first kappa shape index (κ1) is 15.5. The van der Waals surface area contributed by atoms with Gasteiger partial charge in [0.1, 0.15) is 11.3 Å². The van der Waals surface area contributed by atoms with Crippen molar-refractivity contribution in [3.8, 4) is 5.75 Å². The molecular weight excluding hydrogens is 242 g/mol. The molecule has 0 bridgehead atoms. The van der Waals surface area contributed by atoms with Gasteiger partial charge in [0, 0.05) is 0 Å². The Kier molecular flexibility index (Phi) is 6.36. The van der Waals surface area contributed by atoms with Gasteiger partial charge in [0.05, 0.1) is 6.61 Å². The predicted octanol–water partition coefficient (Wildman–Crippen LogP) is 2.69. The lowest BCUT2D eigenvalue weighted by molar-refractivity contribution is -0.145. The molecule has 1 aromatic carbocycles. The number of para-hydroxylation sites is 1. The fourth-order valence-electron chi connectivity index (χ4n) is 1.98. The number of ether oxygens (including phenoxy) is 1. The zero-order valence-electron chi connectivity index (χ0n) is 11.7. The summed E-state index contributed by atoms with van der Waals surface area (Å²) in [6.07, 6.45) is 1.95. The van der Waals surface area contributed by atoms with Crippen LogP contribution in [0.5, 0.6) is 5.75 Å². The topological polar surface area (TPSA) is 58.6 Å². The summed E-state index contributed by atoms with van der Waals surface area (Å²) in [6, 6.07) is 9.62. The van der Waals surface area contributed by atoms with E-state index >= 15 is 0 Å². The third-order valence-electron chi connectivity index (χ3n) is 3.41. The van der Waals surface area contributed by atoms with E-state index in [0.717, 1.165) is 12.2 Å². The summed E-state index contributed by atoms with van der Waals surface area (Å²) in [6.45, 7) is 5.01. The number of hydrogen-bond acceptors (Lipinski definition) is 3. The Morgan fingerprint density at radius 1 is 1.26 bits per heavy atom. The maximum Gasteiger partial charge on any atom is 0.323 e. The molecule has 2 N–H and O–H groups in total. The standard InChI is InChI=1S/C15H23NO3/c1-3-15(4-2,14(17)18)16-11-8-12-19-13-9-6-5-7-10-13/h5-7,9-10,16H,3-4,8,11-12H2,1-2H3,(H,17,18). The summed E-state index contributed by atoms with van der Waals surface area (Å²) in [4.78, 5) is 11.3. The Labute approximate surface area is 114 Å². The molecule has 0 fully saturated rings. The van der Waals surface area contributed by atoms with Gasteiger partial charge in [-0.1, -0.05) is 32.0 Å². The van der Waals surface area contributed by atoms with E-state index in [-0.39, 0.29) is 0 Å². The van der Waals surface area contributed by atoms with Crippen molar-refractivity contribution < 1.29 is 14.6 Å². The van der Waals surface area contributed by atoms with Crippen LogP contribution in [0.3, 0.4) is 0 Å². The van der Waals surface area contributed by atoms with Gasteiger partial charge in [0.15, 0.2) is 0 Å². The molecular formula is C15H23NO3. The monoisotopic (exact) mass is 265 g/mol. The maximum atomic E-state index is 11.3. The number of rotatable bonds is 9. The minimum atomic E-state index is -0.799. The Bertz CT molecular complexity index is 374. The van der Waals surface area contributed by atoms with E-state index in [0.29, 0.717) is 26.0 Å². The van der Waals surface area contributed by atoms with Crippen molar-refractivity contribution in [3.63, 3.8) is 0 Å². The first-order valence-corrected chi connectivity index (χ1v) is 6.81. The Balaban J connectivity index is 2.28. The molecule has 19 heavy (non-hydrogen) atoms. The summed E-state index contributed by atoms with van der Waals surface area (Å²) in [5, 5.41) is 12.4. The molecule has 0 radical (unpaired) electrons. The van der Waals surface area contributed by atoms with Crippen LogP contribution in [0, 0.1) is 0 Å². The average Bonchev–Trinajstić information content (AvgIpc) is 2.44. The minimum Gasteiger partial charge on any atom is -0.494 e. The average molecular weight is 265 g/mol. The molecule has 0 unspecified atom stereocenters. The minimum absolute atomic E-state index is 0.582. The SMILES string of the molecule is CCC(CC)(NCCCOc1ccccc1)C(=O)O. The summed E-state index contributed by atoms with van der Waals surface area (Å²) < 4.78 is 5.56. The Hall–Kier alpha value is -1.55. The van der Waals surface area contributed by atoms with Gasteiger partial charge in [-0.15, -0.1) is 0 Å². The molecule has 0 amide bonds. The van der Waals surface area contributed by atoms with Crippen LogP contribution >= 0.6 is 0 Å². The second kappa shape index (κ2) is 7.79. The van der Waals surface area contributed by atoms with Crippen LogP contribution in [0.2, 0.25) is 0 Å². The van der Waals surface area contributed by atoms with Crippen LogP contribution in [0.4, 0.5) is 0 Å². The van der Waals surface area contributed by atoms with Crippen LogP contribution in [0.25, 0.3) is 0 Å². The van der Waals surface area contributed by atoms with E-state index in [4.69, 9.17) is 4.74 Å². The van der Waals surface area contributed by atoms with Gasteiger partial charge in [-0.2, -0.15) is 0 Å². The highest BCUT2D eigenvalue weighted by Gasteiger charge is 2.33. The number of carboxylic acid groups (broad SMARTS) is 1. The van der Waals surface area contributed by atoms with Crippen molar-refractivity contribution in [2.24, 2.45) is 0 Å². The van der Waals surface area contributed by atoms with Crippen molar-refractivity contribution in [2.45, 2.75) is 38.6 Å². The van der Waals surface area contributed by atoms with Crippen molar-refractivity contribution in [2.75, 3.05) is 13.2 Å². The molecule has 0 aliphatic heterocycles. The number of benzene rings is 1. The zero-order chi connectivity index (χ0) is 14.1. The molecule has 0 heterocycles. The molecule has 1 aromatic rings. The first-order chi connectivity index (χ1) is 9.14. The molecule has 0 spiro atoms. The molecule has 4 heteroatoms. The highest BCUT2D eigenvalue weighted by molar-refractivity contribution is 5.78. The number of hydrogen-bond donors (Lipinski definition) is 2. The molecule has 0 saturated carbocycles. The fraction of sp³-hybridized carbons (Fsp3) is 0.533. The normalized spacial score (nSPS) is 11.3. The first-order valence-electron chi connectivity index (χ1n) is 6.81. The third kappa shape index (κ3) is 4.56. The van der Waals surface area contributed by atoms with Gasteiger partial charge in [-0.3, -0.25) is 4.79 Å². The predicted molar refractivity (Wildman–Crippen MR) is 75.5 cm³/mol. The molecule has 1 rings (SSSR count). The molecule has 0 saturated heterocycles. The van der Waals surface area contributed by atoms with Crippen molar-refractivity contribution in [1.29, 1.82) is 0 Å². The van der Waals surface area contributed by atoms with Crippen molar-refractivity contribution in [3.05, 3.63) is 30.3 Å². The highest BCUT2D eigenvalue weighted by atomic mass is 16.5. The van der Waals surface area contributed by atoms with Crippen molar-refractivity contribution in [1.82, 2.24) is 5.32 Å². The van der Waals surface area contributed by atoms with E-state index < -0.39 is 11.5 Å². The largest absolute Gasteiger partial charge is 0.494 e. The summed E-state index contributed by atoms with van der Waals surface area (Å²) >= 11 is 0. The molecule has 0 aromatic heterocycles. The second-order valence-corrected chi connectivity index (χ2v) is 4.54. The third-order valence-corrected chi connectivity index (χ3v) is 3.41. The van der Waals surface area contributed by atoms with E-state index in [1.165, 1.54) is 0 Å². The molecule has 4 nitrogen and oxygen atoms in total. The van der Waals surface area contributed by atoms with Gasteiger partial charge < -0.3 is 15.2 Å². The lowest BCUT2D eigenvalue weighted by atomic mass is 9.93. The van der Waals surface area contributed by atoms with Gasteiger partial charge in [0.25, 0.3) is 0 Å². The van der Waals surface area contributed by atoms with Crippen LogP contribution in [-0.2, 0) is 4.79 Å². The van der Waals surface area contributed by atoms with Gasteiger partial charge in [-0.25, -0.2) is 0 Å². The fourth-order valence-corrected chi connectivity index (χ4v) is 1.98. The lowest BCUT2D eigenvalue weighted by Crippen LogP contribution is -2.51. The number of nitrogens with one attached hydrogen (secondary N) is 1. The summed E-state index contributed by atoms with van der Waals surface area (Å²) in [7, 11) is 0. The lowest BCUT2D eigenvalue weighted by Gasteiger charge is -2.28. The summed E-state index contributed by atoms with van der Waals surface area (Å²) in [5.41, 5.74) is -0.799. The number of aliphatic carboxylic acids is 1. The number of carboxylic acids is 1. The molecule has 0 aliphatic carbocycles. The number of carbonyl (C=O) groups is 1. The molecule has 106 valence electrons. The van der Waals surface area contributed by atoms with Gasteiger partial charge in [-0.05, 0) is 37.9 Å². The van der Waals surface area contributed by atoms with E-state index in [1.807, 2.05) is 44.2 Å². The van der Waals surface area contributed by atoms with Crippen LogP contribution < -0.4 is 10.1 Å². The molecule has 0 atom stereocenters. The van der Waals surface area contributed by atoms with Gasteiger partial charge >= 0.3 is 5.97 Å².